The normalized spacial score (nSPS) is 21.0. The van der Waals surface area contributed by atoms with E-state index < -0.39 is 96.0 Å². The van der Waals surface area contributed by atoms with Gasteiger partial charge in [-0.15, -0.1) is 0 Å². The van der Waals surface area contributed by atoms with Crippen LogP contribution >= 0.6 is 0 Å². The van der Waals surface area contributed by atoms with Crippen LogP contribution in [0.15, 0.2) is 60.7 Å². The van der Waals surface area contributed by atoms with Crippen LogP contribution in [0.3, 0.4) is 0 Å². The average molecular weight is 907 g/mol. The number of alkyl carbamates (subject to hydrolysis) is 2. The van der Waals surface area contributed by atoms with Crippen LogP contribution in [-0.4, -0.2) is 114 Å². The summed E-state index contributed by atoms with van der Waals surface area (Å²) in [6.45, 7) is 6.10. The highest BCUT2D eigenvalue weighted by Crippen LogP contribution is 2.45. The van der Waals surface area contributed by atoms with Crippen molar-refractivity contribution >= 4 is 52.3 Å². The van der Waals surface area contributed by atoms with Crippen LogP contribution < -0.4 is 20.7 Å². The first kappa shape index (κ1) is 46.3. The Morgan fingerprint density at radius 3 is 1.88 bits per heavy atom. The molecule has 0 radical (unpaired) electrons. The first-order chi connectivity index (χ1) is 30.9. The summed E-state index contributed by atoms with van der Waals surface area (Å²) in [5.74, 6) is -4.67. The topological polar surface area (TPSA) is 178 Å². The van der Waals surface area contributed by atoms with E-state index in [4.69, 9.17) is 4.74 Å². The Bertz CT molecular complexity index is 2510. The van der Waals surface area contributed by atoms with E-state index in [1.807, 2.05) is 0 Å². The lowest BCUT2D eigenvalue weighted by molar-refractivity contribution is -0.140. The average Bonchev–Trinajstić information content (AvgIpc) is 3.97. The van der Waals surface area contributed by atoms with Crippen molar-refractivity contribution in [1.29, 1.82) is 0 Å². The van der Waals surface area contributed by atoms with E-state index >= 15 is 0 Å². The molecule has 0 saturated carbocycles. The largest absolute Gasteiger partial charge is 0.465 e. The van der Waals surface area contributed by atoms with Crippen LogP contribution in [0.1, 0.15) is 57.9 Å². The molecule has 65 heavy (non-hydrogen) atoms. The molecule has 0 aliphatic carbocycles. The molecule has 5 amide bonds. The van der Waals surface area contributed by atoms with Gasteiger partial charge in [0, 0.05) is 53.6 Å². The number of carbonyl (C=O) groups is 6. The number of likely N-dealkylation sites (tertiary alicyclic amines) is 2. The van der Waals surface area contributed by atoms with Crippen LogP contribution in [-0.2, 0) is 35.1 Å². The van der Waals surface area contributed by atoms with Gasteiger partial charge < -0.3 is 44.5 Å². The number of anilines is 1. The molecule has 3 aliphatic heterocycles. The minimum atomic E-state index is -1.51. The molecule has 1 aromatic heterocycles. The third-order valence-corrected chi connectivity index (χ3v) is 12.0. The standard InChI is InChI=1S/C46H50F4N6O9/c1-22(2)39(52-45(61)63-5)42(59)54-20-29(49)17-35(54)37(57)12-24-7-10-33-25(11-24)15-34-32-9-8-31(19-38(32)65-44(56(33)34)26-13-27(47)16-28(48)14-26)51-41(58)36-18-30(50)21-55(36)43(60)40(23(3)4)53-46(62)64-6/h7-11,13-16,19,22-23,29-30,35-36,39-40,44H,12,17-18,20-21H2,1-6H3,(H,51,58)(H,52,61)(H,53,62)/t29-,30+,35-,36-,39-,40-,44?/m0/s1. The third kappa shape index (κ3) is 9.59. The Labute approximate surface area is 371 Å². The molecule has 3 N–H and O–H groups in total. The van der Waals surface area contributed by atoms with Crippen molar-refractivity contribution < 1.29 is 60.5 Å². The molecular weight excluding hydrogens is 857 g/mol. The van der Waals surface area contributed by atoms with Crippen molar-refractivity contribution in [3.63, 3.8) is 0 Å². The fourth-order valence-electron chi connectivity index (χ4n) is 8.78. The first-order valence-electron chi connectivity index (χ1n) is 21.2. The second-order valence-electron chi connectivity index (χ2n) is 17.2. The maximum absolute atomic E-state index is 14.9. The summed E-state index contributed by atoms with van der Waals surface area (Å²) in [6.07, 6.45) is -6.47. The number of nitrogens with zero attached hydrogens (tertiary/aromatic N) is 3. The monoisotopic (exact) mass is 906 g/mol. The van der Waals surface area contributed by atoms with E-state index in [2.05, 4.69) is 25.4 Å². The number of amides is 5. The number of methoxy groups -OCH3 is 2. The van der Waals surface area contributed by atoms with Gasteiger partial charge in [0.1, 0.15) is 47.9 Å². The zero-order valence-electron chi connectivity index (χ0n) is 36.5. The van der Waals surface area contributed by atoms with Gasteiger partial charge in [-0.3, -0.25) is 19.2 Å². The van der Waals surface area contributed by atoms with Gasteiger partial charge in [-0.05, 0) is 59.9 Å². The zero-order valence-corrected chi connectivity index (χ0v) is 36.5. The van der Waals surface area contributed by atoms with Gasteiger partial charge in [0.05, 0.1) is 44.6 Å². The van der Waals surface area contributed by atoms with Gasteiger partial charge in [-0.1, -0.05) is 33.8 Å². The molecule has 19 heteroatoms. The molecule has 3 aromatic carbocycles. The van der Waals surface area contributed by atoms with E-state index in [0.29, 0.717) is 27.7 Å². The number of aromatic nitrogens is 1. The molecule has 346 valence electrons. The minimum Gasteiger partial charge on any atom is -0.465 e. The van der Waals surface area contributed by atoms with Crippen LogP contribution in [0, 0.1) is 23.5 Å². The summed E-state index contributed by atoms with van der Waals surface area (Å²) < 4.78 is 76.8. The number of hydrogen-bond acceptors (Lipinski definition) is 9. The SMILES string of the molecule is COC(=O)N[C@H](C(=O)N1C[C@@H](F)C[C@H]1C(=O)Cc1ccc2c(c1)cc1n2C(c2cc(F)cc(F)c2)Oc2cc(NC(=O)[C@@H]3C[C@@H](F)CN3C(=O)[C@@H](NC(=O)OC)C(C)C)ccc2-1)C(C)C. The summed E-state index contributed by atoms with van der Waals surface area (Å²) in [5, 5.41) is 8.30. The number of carbonyl (C=O) groups excluding carboxylic acids is 6. The molecule has 3 aliphatic rings. The Hall–Kier alpha value is -6.66. The quantitative estimate of drug-likeness (QED) is 0.140. The molecule has 0 bridgehead atoms. The number of fused-ring (bicyclic) bond motifs is 5. The molecule has 0 spiro atoms. The number of Topliss-reactive ketones (excluding diaryl/α,β-unsaturated/α-hetero) is 1. The number of benzene rings is 3. The van der Waals surface area contributed by atoms with Crippen LogP contribution in [0.5, 0.6) is 5.75 Å². The molecule has 4 aromatic rings. The Morgan fingerprint density at radius 2 is 1.31 bits per heavy atom. The molecule has 15 nitrogen and oxygen atoms in total. The van der Waals surface area contributed by atoms with Crippen molar-refractivity contribution in [3.8, 4) is 17.0 Å². The number of hydrogen-bond donors (Lipinski definition) is 3. The van der Waals surface area contributed by atoms with Crippen molar-refractivity contribution in [3.05, 3.63) is 83.4 Å². The summed E-state index contributed by atoms with van der Waals surface area (Å²) >= 11 is 0. The molecule has 7 atom stereocenters. The number of ketones is 1. The molecule has 1 unspecified atom stereocenters. The van der Waals surface area contributed by atoms with E-state index in [9.17, 15) is 46.3 Å². The second-order valence-corrected chi connectivity index (χ2v) is 17.2. The lowest BCUT2D eigenvalue weighted by Crippen LogP contribution is -2.54. The van der Waals surface area contributed by atoms with Gasteiger partial charge in [-0.2, -0.15) is 0 Å². The number of nitrogens with one attached hydrogen (secondary N) is 3. The van der Waals surface area contributed by atoms with Gasteiger partial charge in [0.25, 0.3) is 0 Å². The van der Waals surface area contributed by atoms with Crippen LogP contribution in [0.2, 0.25) is 0 Å². The van der Waals surface area contributed by atoms with Crippen LogP contribution in [0.4, 0.5) is 32.8 Å². The number of halogens is 4. The van der Waals surface area contributed by atoms with Crippen molar-refractivity contribution in [1.82, 2.24) is 25.0 Å². The van der Waals surface area contributed by atoms with E-state index in [1.165, 1.54) is 11.0 Å². The lowest BCUT2D eigenvalue weighted by Gasteiger charge is -2.31. The molecule has 7 rings (SSSR count). The fourth-order valence-corrected chi connectivity index (χ4v) is 8.78. The summed E-state index contributed by atoms with van der Waals surface area (Å²) in [4.78, 5) is 81.1. The third-order valence-electron chi connectivity index (χ3n) is 12.0. The van der Waals surface area contributed by atoms with Gasteiger partial charge in [0.15, 0.2) is 5.78 Å². The maximum atomic E-state index is 14.9. The van der Waals surface area contributed by atoms with Crippen LogP contribution in [0.25, 0.3) is 22.2 Å². The van der Waals surface area contributed by atoms with E-state index in [-0.39, 0.29) is 55.3 Å². The Morgan fingerprint density at radius 1 is 0.738 bits per heavy atom. The fraction of sp³-hybridized carbons (Fsp3) is 0.435. The molecule has 2 saturated heterocycles. The summed E-state index contributed by atoms with van der Waals surface area (Å²) in [5.41, 5.74) is 2.50. The maximum Gasteiger partial charge on any atom is 0.407 e. The Balaban J connectivity index is 1.17. The smallest absolute Gasteiger partial charge is 0.407 e. The molecule has 4 heterocycles. The highest BCUT2D eigenvalue weighted by Gasteiger charge is 2.44. The predicted molar refractivity (Wildman–Crippen MR) is 228 cm³/mol. The summed E-state index contributed by atoms with van der Waals surface area (Å²) in [6, 6.07) is 10.2. The highest BCUT2D eigenvalue weighted by atomic mass is 19.1. The Kier molecular flexibility index (Phi) is 13.4. The van der Waals surface area contributed by atoms with E-state index in [0.717, 1.165) is 37.3 Å². The van der Waals surface area contributed by atoms with Crippen molar-refractivity contribution in [2.24, 2.45) is 11.8 Å². The van der Waals surface area contributed by atoms with Gasteiger partial charge in [-0.25, -0.2) is 27.2 Å². The van der Waals surface area contributed by atoms with Gasteiger partial charge in [0.2, 0.25) is 23.9 Å². The lowest BCUT2D eigenvalue weighted by atomic mass is 9.98. The predicted octanol–water partition coefficient (Wildman–Crippen LogP) is 6.22. The number of alkyl halides is 2. The highest BCUT2D eigenvalue weighted by molar-refractivity contribution is 6.00. The van der Waals surface area contributed by atoms with Crippen molar-refractivity contribution in [2.45, 2.75) is 89.7 Å². The van der Waals surface area contributed by atoms with Gasteiger partial charge >= 0.3 is 12.2 Å². The van der Waals surface area contributed by atoms with Crippen molar-refractivity contribution in [2.75, 3.05) is 32.6 Å². The summed E-state index contributed by atoms with van der Waals surface area (Å²) in [7, 11) is 2.30. The number of ether oxygens (including phenoxy) is 3. The van der Waals surface area contributed by atoms with E-state index in [1.54, 1.807) is 68.7 Å². The second kappa shape index (κ2) is 18.8. The zero-order chi connectivity index (χ0) is 47.0. The molecular formula is C46H50F4N6O9. The minimum absolute atomic E-state index is 0.114. The number of rotatable bonds is 12. The molecule has 2 fully saturated rings. The first-order valence-corrected chi connectivity index (χ1v) is 21.2.